The zero-order valence-corrected chi connectivity index (χ0v) is 9.48. The van der Waals surface area contributed by atoms with Crippen LogP contribution in [0.15, 0.2) is 0 Å². The summed E-state index contributed by atoms with van der Waals surface area (Å²) in [6, 6.07) is 0. The lowest BCUT2D eigenvalue weighted by atomic mass is 9.99. The van der Waals surface area contributed by atoms with Crippen molar-refractivity contribution in [2.24, 2.45) is 0 Å². The number of ether oxygens (including phenoxy) is 4. The quantitative estimate of drug-likeness (QED) is 0.703. The van der Waals surface area contributed by atoms with E-state index < -0.39 is 0 Å². The van der Waals surface area contributed by atoms with E-state index in [1.165, 1.54) is 0 Å². The lowest BCUT2D eigenvalue weighted by Gasteiger charge is -2.36. The third kappa shape index (κ3) is 2.50. The molecule has 15 heavy (non-hydrogen) atoms. The summed E-state index contributed by atoms with van der Waals surface area (Å²) >= 11 is 0. The van der Waals surface area contributed by atoms with Gasteiger partial charge in [-0.2, -0.15) is 0 Å². The summed E-state index contributed by atoms with van der Waals surface area (Å²) in [6.07, 6.45) is 3.48. The number of hydrogen-bond donors (Lipinski definition) is 0. The SMILES string of the molecule is CCC1CC2OCOC(CC)C2OCO1. The van der Waals surface area contributed by atoms with Crippen molar-refractivity contribution in [3.63, 3.8) is 0 Å². The number of fused-ring (bicyclic) bond motifs is 1. The van der Waals surface area contributed by atoms with Crippen LogP contribution in [0, 0.1) is 0 Å². The molecule has 0 radical (unpaired) electrons. The van der Waals surface area contributed by atoms with Crippen LogP contribution in [-0.4, -0.2) is 38.0 Å². The summed E-state index contributed by atoms with van der Waals surface area (Å²) in [6.45, 7) is 4.99. The number of rotatable bonds is 2. The summed E-state index contributed by atoms with van der Waals surface area (Å²) in [5, 5.41) is 0. The molecule has 0 spiro atoms. The van der Waals surface area contributed by atoms with Crippen molar-refractivity contribution in [1.29, 1.82) is 0 Å². The van der Waals surface area contributed by atoms with Gasteiger partial charge in [-0.25, -0.2) is 0 Å². The average Bonchev–Trinajstić information content (AvgIpc) is 2.49. The van der Waals surface area contributed by atoms with Gasteiger partial charge in [0.25, 0.3) is 0 Å². The summed E-state index contributed by atoms with van der Waals surface area (Å²) in [5.74, 6) is 0. The standard InChI is InChI=1S/C11H20O4/c1-3-8-5-10-11(15-6-12-8)9(4-2)13-7-14-10/h8-11H,3-7H2,1-2H3. The van der Waals surface area contributed by atoms with Crippen molar-refractivity contribution < 1.29 is 18.9 Å². The summed E-state index contributed by atoms with van der Waals surface area (Å²) in [7, 11) is 0. The molecular weight excluding hydrogens is 196 g/mol. The Hall–Kier alpha value is -0.160. The second kappa shape index (κ2) is 5.25. The maximum atomic E-state index is 5.67. The van der Waals surface area contributed by atoms with Crippen LogP contribution in [0.2, 0.25) is 0 Å². The van der Waals surface area contributed by atoms with Crippen LogP contribution in [0.1, 0.15) is 33.1 Å². The van der Waals surface area contributed by atoms with Gasteiger partial charge < -0.3 is 18.9 Å². The predicted octanol–water partition coefficient (Wildman–Crippen LogP) is 1.68. The van der Waals surface area contributed by atoms with Gasteiger partial charge in [-0.3, -0.25) is 0 Å². The van der Waals surface area contributed by atoms with Gasteiger partial charge in [0.15, 0.2) is 0 Å². The Bertz CT molecular complexity index is 197. The first kappa shape index (κ1) is 11.3. The van der Waals surface area contributed by atoms with Crippen LogP contribution >= 0.6 is 0 Å². The average molecular weight is 216 g/mol. The molecule has 2 fully saturated rings. The van der Waals surface area contributed by atoms with E-state index in [-0.39, 0.29) is 24.4 Å². The van der Waals surface area contributed by atoms with Gasteiger partial charge in [-0.15, -0.1) is 0 Å². The molecule has 0 bridgehead atoms. The minimum atomic E-state index is 0.0419. The van der Waals surface area contributed by atoms with Crippen LogP contribution < -0.4 is 0 Å². The van der Waals surface area contributed by atoms with Crippen LogP contribution in [-0.2, 0) is 18.9 Å². The zero-order valence-electron chi connectivity index (χ0n) is 9.48. The van der Waals surface area contributed by atoms with E-state index in [9.17, 15) is 0 Å². The molecule has 2 rings (SSSR count). The molecule has 4 nitrogen and oxygen atoms in total. The minimum absolute atomic E-state index is 0.0419. The monoisotopic (exact) mass is 216 g/mol. The lowest BCUT2D eigenvalue weighted by molar-refractivity contribution is -0.246. The maximum absolute atomic E-state index is 5.67. The predicted molar refractivity (Wildman–Crippen MR) is 54.4 cm³/mol. The van der Waals surface area contributed by atoms with Crippen LogP contribution in [0.3, 0.4) is 0 Å². The summed E-state index contributed by atoms with van der Waals surface area (Å²) in [4.78, 5) is 0. The minimum Gasteiger partial charge on any atom is -0.352 e. The summed E-state index contributed by atoms with van der Waals surface area (Å²) in [5.41, 5.74) is 0. The van der Waals surface area contributed by atoms with E-state index >= 15 is 0 Å². The second-order valence-corrected chi connectivity index (χ2v) is 4.12. The molecule has 4 unspecified atom stereocenters. The van der Waals surface area contributed by atoms with E-state index in [0.29, 0.717) is 13.6 Å². The highest BCUT2D eigenvalue weighted by Crippen LogP contribution is 2.27. The van der Waals surface area contributed by atoms with Crippen molar-refractivity contribution in [3.8, 4) is 0 Å². The Balaban J connectivity index is 2.01. The molecule has 0 aromatic heterocycles. The first-order valence-electron chi connectivity index (χ1n) is 5.81. The molecule has 2 heterocycles. The van der Waals surface area contributed by atoms with Crippen molar-refractivity contribution in [3.05, 3.63) is 0 Å². The smallest absolute Gasteiger partial charge is 0.147 e. The Morgan fingerprint density at radius 2 is 1.73 bits per heavy atom. The molecular formula is C11H20O4. The fourth-order valence-corrected chi connectivity index (χ4v) is 2.24. The fourth-order valence-electron chi connectivity index (χ4n) is 2.24. The van der Waals surface area contributed by atoms with E-state index in [1.54, 1.807) is 0 Å². The Labute approximate surface area is 90.8 Å². The van der Waals surface area contributed by atoms with Gasteiger partial charge >= 0.3 is 0 Å². The second-order valence-electron chi connectivity index (χ2n) is 4.12. The number of hydrogen-bond acceptors (Lipinski definition) is 4. The Kier molecular flexibility index (Phi) is 3.97. The van der Waals surface area contributed by atoms with E-state index in [1.807, 2.05) is 0 Å². The van der Waals surface area contributed by atoms with Gasteiger partial charge in [0.05, 0.1) is 18.3 Å². The fraction of sp³-hybridized carbons (Fsp3) is 1.00. The lowest BCUT2D eigenvalue weighted by Crippen LogP contribution is -2.47. The first-order chi connectivity index (χ1) is 7.35. The Morgan fingerprint density at radius 1 is 0.933 bits per heavy atom. The molecule has 88 valence electrons. The molecule has 4 atom stereocenters. The third-order valence-electron chi connectivity index (χ3n) is 3.21. The van der Waals surface area contributed by atoms with Gasteiger partial charge in [-0.05, 0) is 12.8 Å². The van der Waals surface area contributed by atoms with Gasteiger partial charge in [-0.1, -0.05) is 13.8 Å². The normalized spacial score (nSPS) is 42.0. The highest BCUT2D eigenvalue weighted by Gasteiger charge is 2.38. The van der Waals surface area contributed by atoms with E-state index in [4.69, 9.17) is 18.9 Å². The molecule has 0 aromatic rings. The molecule has 0 saturated carbocycles. The van der Waals surface area contributed by atoms with Crippen molar-refractivity contribution >= 4 is 0 Å². The maximum Gasteiger partial charge on any atom is 0.147 e. The topological polar surface area (TPSA) is 36.9 Å². The van der Waals surface area contributed by atoms with Gasteiger partial charge in [0.2, 0.25) is 0 Å². The van der Waals surface area contributed by atoms with Crippen LogP contribution in [0.4, 0.5) is 0 Å². The van der Waals surface area contributed by atoms with E-state index in [2.05, 4.69) is 13.8 Å². The molecule has 0 amide bonds. The highest BCUT2D eigenvalue weighted by molar-refractivity contribution is 4.84. The van der Waals surface area contributed by atoms with Crippen molar-refractivity contribution in [1.82, 2.24) is 0 Å². The largest absolute Gasteiger partial charge is 0.352 e. The van der Waals surface area contributed by atoms with Crippen molar-refractivity contribution in [2.45, 2.75) is 57.5 Å². The molecule has 2 saturated heterocycles. The van der Waals surface area contributed by atoms with Gasteiger partial charge in [0, 0.05) is 6.42 Å². The zero-order chi connectivity index (χ0) is 10.7. The molecule has 0 aliphatic carbocycles. The first-order valence-corrected chi connectivity index (χ1v) is 5.81. The highest BCUT2D eigenvalue weighted by atomic mass is 16.7. The van der Waals surface area contributed by atoms with Gasteiger partial charge in [0.1, 0.15) is 19.7 Å². The van der Waals surface area contributed by atoms with Crippen LogP contribution in [0.5, 0.6) is 0 Å². The van der Waals surface area contributed by atoms with Crippen molar-refractivity contribution in [2.75, 3.05) is 13.6 Å². The third-order valence-corrected chi connectivity index (χ3v) is 3.21. The molecule has 0 aromatic carbocycles. The summed E-state index contributed by atoms with van der Waals surface area (Å²) < 4.78 is 22.4. The Morgan fingerprint density at radius 3 is 2.47 bits per heavy atom. The molecule has 4 heteroatoms. The molecule has 2 aliphatic heterocycles. The molecule has 2 aliphatic rings. The van der Waals surface area contributed by atoms with Crippen LogP contribution in [0.25, 0.3) is 0 Å². The molecule has 0 N–H and O–H groups in total. The van der Waals surface area contributed by atoms with E-state index in [0.717, 1.165) is 19.3 Å².